The molecule has 2 aromatic carbocycles. The molecule has 7 nitrogen and oxygen atoms in total. The van der Waals surface area contributed by atoms with Gasteiger partial charge in [0.15, 0.2) is 11.5 Å². The fraction of sp³-hybridized carbons (Fsp3) is 0.333. The first-order valence-corrected chi connectivity index (χ1v) is 9.43. The molecule has 1 atom stereocenters. The van der Waals surface area contributed by atoms with Crippen molar-refractivity contribution in [3.8, 4) is 17.2 Å². The average molecular weight is 419 g/mol. The number of hydrogen-bond acceptors (Lipinski definition) is 5. The van der Waals surface area contributed by atoms with Crippen LogP contribution < -0.4 is 24.4 Å². The van der Waals surface area contributed by atoms with E-state index in [-0.39, 0.29) is 24.8 Å². The molecule has 1 aliphatic rings. The molecular formula is C21H23ClN2O5. The third-order valence-electron chi connectivity index (χ3n) is 4.92. The first-order valence-electron chi connectivity index (χ1n) is 9.05. The van der Waals surface area contributed by atoms with E-state index >= 15 is 0 Å². The summed E-state index contributed by atoms with van der Waals surface area (Å²) in [5.41, 5.74) is 2.00. The monoisotopic (exact) mass is 418 g/mol. The number of carbonyl (C=O) groups excluding carboxylic acids is 2. The summed E-state index contributed by atoms with van der Waals surface area (Å²) in [5.74, 6) is 0.726. The second-order valence-corrected chi connectivity index (χ2v) is 7.17. The van der Waals surface area contributed by atoms with Gasteiger partial charge in [-0.05, 0) is 36.8 Å². The number of halogens is 1. The molecule has 1 fully saturated rings. The lowest BCUT2D eigenvalue weighted by Gasteiger charge is -2.20. The van der Waals surface area contributed by atoms with E-state index in [1.165, 1.54) is 19.1 Å². The maximum atomic E-state index is 12.8. The van der Waals surface area contributed by atoms with Gasteiger partial charge in [-0.25, -0.2) is 0 Å². The van der Waals surface area contributed by atoms with Crippen LogP contribution in [0.4, 0.5) is 11.4 Å². The summed E-state index contributed by atoms with van der Waals surface area (Å²) >= 11 is 6.08. The Morgan fingerprint density at radius 1 is 1.07 bits per heavy atom. The zero-order valence-electron chi connectivity index (χ0n) is 16.7. The summed E-state index contributed by atoms with van der Waals surface area (Å²) in [4.78, 5) is 27.0. The maximum Gasteiger partial charge on any atom is 0.229 e. The molecule has 0 spiro atoms. The van der Waals surface area contributed by atoms with Gasteiger partial charge in [0.25, 0.3) is 0 Å². The second-order valence-electron chi connectivity index (χ2n) is 6.73. The van der Waals surface area contributed by atoms with E-state index in [4.69, 9.17) is 25.8 Å². The Bertz CT molecular complexity index is 947. The van der Waals surface area contributed by atoms with E-state index in [1.807, 2.05) is 6.92 Å². The Balaban J connectivity index is 1.79. The minimum atomic E-state index is -0.501. The van der Waals surface area contributed by atoms with Gasteiger partial charge in [0.2, 0.25) is 11.8 Å². The lowest BCUT2D eigenvalue weighted by Crippen LogP contribution is -2.28. The van der Waals surface area contributed by atoms with Gasteiger partial charge in [-0.3, -0.25) is 9.59 Å². The third kappa shape index (κ3) is 4.24. The minimum Gasteiger partial charge on any atom is -0.495 e. The zero-order valence-corrected chi connectivity index (χ0v) is 17.5. The van der Waals surface area contributed by atoms with Gasteiger partial charge >= 0.3 is 0 Å². The number of methoxy groups -OCH3 is 3. The van der Waals surface area contributed by atoms with Crippen LogP contribution in [0.3, 0.4) is 0 Å². The predicted molar refractivity (Wildman–Crippen MR) is 111 cm³/mol. The SMILES string of the molecule is COc1cc(C)c(NC(=O)[C@H]2CC(=O)N(c3cc(Cl)ccc3OC)C2)cc1OC. The summed E-state index contributed by atoms with van der Waals surface area (Å²) in [5, 5.41) is 3.39. The number of benzene rings is 2. The topological polar surface area (TPSA) is 77.1 Å². The Morgan fingerprint density at radius 2 is 1.72 bits per heavy atom. The van der Waals surface area contributed by atoms with Crippen molar-refractivity contribution in [2.75, 3.05) is 38.1 Å². The van der Waals surface area contributed by atoms with Crippen molar-refractivity contribution in [3.05, 3.63) is 40.9 Å². The highest BCUT2D eigenvalue weighted by molar-refractivity contribution is 6.31. The number of carbonyl (C=O) groups is 2. The quantitative estimate of drug-likeness (QED) is 0.774. The first-order chi connectivity index (χ1) is 13.9. The van der Waals surface area contributed by atoms with Crippen LogP contribution in [0.25, 0.3) is 0 Å². The summed E-state index contributed by atoms with van der Waals surface area (Å²) in [6, 6.07) is 8.55. The van der Waals surface area contributed by atoms with Crippen LogP contribution >= 0.6 is 11.6 Å². The molecule has 29 heavy (non-hydrogen) atoms. The molecule has 0 radical (unpaired) electrons. The van der Waals surface area contributed by atoms with E-state index in [1.54, 1.807) is 37.4 Å². The molecule has 8 heteroatoms. The third-order valence-corrected chi connectivity index (χ3v) is 5.15. The Kier molecular flexibility index (Phi) is 6.17. The van der Waals surface area contributed by atoms with Crippen LogP contribution in [-0.2, 0) is 9.59 Å². The maximum absolute atomic E-state index is 12.8. The fourth-order valence-corrected chi connectivity index (χ4v) is 3.51. The van der Waals surface area contributed by atoms with E-state index in [0.717, 1.165) is 5.56 Å². The Morgan fingerprint density at radius 3 is 2.38 bits per heavy atom. The molecule has 3 rings (SSSR count). The lowest BCUT2D eigenvalue weighted by atomic mass is 10.1. The summed E-state index contributed by atoms with van der Waals surface area (Å²) < 4.78 is 15.9. The highest BCUT2D eigenvalue weighted by Crippen LogP contribution is 2.36. The van der Waals surface area contributed by atoms with E-state index in [9.17, 15) is 9.59 Å². The molecule has 154 valence electrons. The smallest absolute Gasteiger partial charge is 0.229 e. The zero-order chi connectivity index (χ0) is 21.1. The highest BCUT2D eigenvalue weighted by Gasteiger charge is 2.36. The van der Waals surface area contributed by atoms with Crippen molar-refractivity contribution in [2.24, 2.45) is 5.92 Å². The molecule has 1 heterocycles. The predicted octanol–water partition coefficient (Wildman–Crippen LogP) is 3.67. The van der Waals surface area contributed by atoms with Crippen LogP contribution in [0.1, 0.15) is 12.0 Å². The summed E-state index contributed by atoms with van der Waals surface area (Å²) in [6.07, 6.45) is 0.105. The van der Waals surface area contributed by atoms with Crippen molar-refractivity contribution in [1.82, 2.24) is 0 Å². The van der Waals surface area contributed by atoms with Gasteiger partial charge in [0.05, 0.1) is 32.9 Å². The van der Waals surface area contributed by atoms with Crippen molar-refractivity contribution in [3.63, 3.8) is 0 Å². The molecule has 2 amide bonds. The highest BCUT2D eigenvalue weighted by atomic mass is 35.5. The standard InChI is InChI=1S/C21H23ClN2O5/c1-12-7-18(28-3)19(29-4)10-15(12)23-21(26)13-8-20(25)24(11-13)16-9-14(22)5-6-17(16)27-2/h5-7,9-10,13H,8,11H2,1-4H3,(H,23,26)/t13-/m0/s1. The van der Waals surface area contributed by atoms with E-state index < -0.39 is 5.92 Å². The number of nitrogens with one attached hydrogen (secondary N) is 1. The summed E-state index contributed by atoms with van der Waals surface area (Å²) in [6.45, 7) is 2.11. The van der Waals surface area contributed by atoms with E-state index in [0.29, 0.717) is 33.6 Å². The average Bonchev–Trinajstić information content (AvgIpc) is 3.10. The number of ether oxygens (including phenoxy) is 3. The van der Waals surface area contributed by atoms with Gasteiger partial charge in [0.1, 0.15) is 5.75 Å². The number of aryl methyl sites for hydroxylation is 1. The molecule has 1 saturated heterocycles. The molecule has 0 unspecified atom stereocenters. The van der Waals surface area contributed by atoms with Gasteiger partial charge in [0, 0.05) is 29.7 Å². The number of amides is 2. The summed E-state index contributed by atoms with van der Waals surface area (Å²) in [7, 11) is 4.61. The van der Waals surface area contributed by atoms with Crippen molar-refractivity contribution < 1.29 is 23.8 Å². The molecule has 0 aromatic heterocycles. The normalized spacial score (nSPS) is 16.0. The largest absolute Gasteiger partial charge is 0.495 e. The van der Waals surface area contributed by atoms with Gasteiger partial charge in [-0.15, -0.1) is 0 Å². The van der Waals surface area contributed by atoms with Crippen LogP contribution in [0.5, 0.6) is 17.2 Å². The van der Waals surface area contributed by atoms with Crippen LogP contribution in [-0.4, -0.2) is 39.7 Å². The molecule has 0 bridgehead atoms. The number of rotatable bonds is 6. The number of anilines is 2. The molecule has 2 aromatic rings. The van der Waals surface area contributed by atoms with Gasteiger partial charge in [-0.1, -0.05) is 11.6 Å². The molecule has 1 aliphatic heterocycles. The molecular weight excluding hydrogens is 396 g/mol. The van der Waals surface area contributed by atoms with Crippen LogP contribution in [0.15, 0.2) is 30.3 Å². The Hall–Kier alpha value is -2.93. The van der Waals surface area contributed by atoms with Crippen molar-refractivity contribution >= 4 is 34.8 Å². The number of nitrogens with zero attached hydrogens (tertiary/aromatic N) is 1. The molecule has 0 aliphatic carbocycles. The van der Waals surface area contributed by atoms with Crippen molar-refractivity contribution in [1.29, 1.82) is 0 Å². The number of hydrogen-bond donors (Lipinski definition) is 1. The van der Waals surface area contributed by atoms with E-state index in [2.05, 4.69) is 5.32 Å². The second kappa shape index (κ2) is 8.61. The first kappa shape index (κ1) is 20.8. The van der Waals surface area contributed by atoms with Gasteiger partial charge in [-0.2, -0.15) is 0 Å². The molecule has 0 saturated carbocycles. The molecule has 1 N–H and O–H groups in total. The van der Waals surface area contributed by atoms with Crippen LogP contribution in [0.2, 0.25) is 5.02 Å². The van der Waals surface area contributed by atoms with Gasteiger partial charge < -0.3 is 24.4 Å². The Labute approximate surface area is 174 Å². The fourth-order valence-electron chi connectivity index (χ4n) is 3.34. The van der Waals surface area contributed by atoms with Crippen LogP contribution in [0, 0.1) is 12.8 Å². The van der Waals surface area contributed by atoms with Crippen molar-refractivity contribution in [2.45, 2.75) is 13.3 Å². The minimum absolute atomic E-state index is 0.105. The lowest BCUT2D eigenvalue weighted by molar-refractivity contribution is -0.122.